The highest BCUT2D eigenvalue weighted by Crippen LogP contribution is 2.36. The van der Waals surface area contributed by atoms with Crippen LogP contribution in [0.15, 0.2) is 47.3 Å². The first-order valence-corrected chi connectivity index (χ1v) is 15.2. The number of carbonyl (C=O) groups is 2. The van der Waals surface area contributed by atoms with Crippen molar-refractivity contribution in [2.24, 2.45) is 0 Å². The monoisotopic (exact) mass is 588 g/mol. The number of pyridine rings is 1. The zero-order valence-corrected chi connectivity index (χ0v) is 24.8. The lowest BCUT2D eigenvalue weighted by molar-refractivity contribution is -0.133. The SMILES string of the molecule is CC(=O)N1[C@@H]2CC[C@H]1C[C@H](Nc1cc(C(=O)NC[C@H](O)CN3CCc4cc(OCc5ocnc5C)ccc4C3)ccn1)C2. The number of aromatic nitrogens is 2. The van der Waals surface area contributed by atoms with Gasteiger partial charge in [0, 0.05) is 63.0 Å². The third kappa shape index (κ3) is 6.83. The lowest BCUT2D eigenvalue weighted by Gasteiger charge is -2.38. The highest BCUT2D eigenvalue weighted by molar-refractivity contribution is 5.94. The Labute approximate surface area is 251 Å². The summed E-state index contributed by atoms with van der Waals surface area (Å²) in [6.07, 6.45) is 7.09. The van der Waals surface area contributed by atoms with Crippen molar-refractivity contribution in [3.05, 3.63) is 71.1 Å². The summed E-state index contributed by atoms with van der Waals surface area (Å²) in [7, 11) is 0. The highest BCUT2D eigenvalue weighted by atomic mass is 16.5. The number of carbonyl (C=O) groups excluding carboxylic acids is 2. The Hall–Kier alpha value is -3.96. The van der Waals surface area contributed by atoms with E-state index in [2.05, 4.69) is 37.6 Å². The number of amides is 2. The molecule has 6 rings (SSSR count). The van der Waals surface area contributed by atoms with Crippen LogP contribution >= 0.6 is 0 Å². The summed E-state index contributed by atoms with van der Waals surface area (Å²) in [6.45, 7) is 6.06. The first kappa shape index (κ1) is 29.1. The molecule has 11 heteroatoms. The molecule has 43 heavy (non-hydrogen) atoms. The number of hydrogen-bond donors (Lipinski definition) is 3. The van der Waals surface area contributed by atoms with Crippen LogP contribution < -0.4 is 15.4 Å². The summed E-state index contributed by atoms with van der Waals surface area (Å²) < 4.78 is 11.3. The van der Waals surface area contributed by atoms with E-state index in [9.17, 15) is 14.7 Å². The minimum atomic E-state index is -0.695. The van der Waals surface area contributed by atoms with Crippen LogP contribution in [0.5, 0.6) is 5.75 Å². The van der Waals surface area contributed by atoms with Crippen molar-refractivity contribution in [3.8, 4) is 5.75 Å². The van der Waals surface area contributed by atoms with E-state index in [0.717, 1.165) is 62.4 Å². The van der Waals surface area contributed by atoms with Gasteiger partial charge in [0.05, 0.1) is 11.8 Å². The van der Waals surface area contributed by atoms with Crippen molar-refractivity contribution in [2.45, 2.75) is 83.3 Å². The van der Waals surface area contributed by atoms with Gasteiger partial charge in [-0.3, -0.25) is 14.5 Å². The fraction of sp³-hybridized carbons (Fsp3) is 0.500. The topological polar surface area (TPSA) is 133 Å². The van der Waals surface area contributed by atoms with Gasteiger partial charge >= 0.3 is 0 Å². The molecule has 2 aromatic heterocycles. The number of aliphatic hydroxyl groups excluding tert-OH is 1. The van der Waals surface area contributed by atoms with Crippen LogP contribution in [0.25, 0.3) is 0 Å². The van der Waals surface area contributed by atoms with E-state index < -0.39 is 6.10 Å². The van der Waals surface area contributed by atoms with E-state index in [4.69, 9.17) is 9.15 Å². The first-order chi connectivity index (χ1) is 20.8. The molecular formula is C32H40N6O5. The maximum absolute atomic E-state index is 12.9. The Kier molecular flexibility index (Phi) is 8.62. The highest BCUT2D eigenvalue weighted by Gasteiger charge is 2.42. The fourth-order valence-electron chi connectivity index (χ4n) is 6.79. The molecule has 3 aliphatic heterocycles. The van der Waals surface area contributed by atoms with E-state index in [1.165, 1.54) is 17.5 Å². The van der Waals surface area contributed by atoms with Gasteiger partial charge in [-0.2, -0.15) is 0 Å². The number of β-amino-alcohol motifs (C(OH)–C–C–N with tert-alkyl or cyclic N) is 1. The number of nitrogens with zero attached hydrogens (tertiary/aromatic N) is 4. The first-order valence-electron chi connectivity index (χ1n) is 15.2. The molecule has 228 valence electrons. The van der Waals surface area contributed by atoms with Gasteiger partial charge in [-0.05, 0) is 74.4 Å². The molecule has 5 heterocycles. The Morgan fingerprint density at radius 3 is 2.70 bits per heavy atom. The van der Waals surface area contributed by atoms with Crippen molar-refractivity contribution in [1.29, 1.82) is 0 Å². The molecule has 2 fully saturated rings. The Balaban J connectivity index is 0.953. The van der Waals surface area contributed by atoms with Gasteiger partial charge in [0.2, 0.25) is 5.91 Å². The number of piperidine rings is 1. The van der Waals surface area contributed by atoms with Gasteiger partial charge in [0.25, 0.3) is 5.91 Å². The predicted molar refractivity (Wildman–Crippen MR) is 160 cm³/mol. The predicted octanol–water partition coefficient (Wildman–Crippen LogP) is 3.06. The van der Waals surface area contributed by atoms with Crippen molar-refractivity contribution in [3.63, 3.8) is 0 Å². The van der Waals surface area contributed by atoms with Gasteiger partial charge in [-0.25, -0.2) is 9.97 Å². The molecular weight excluding hydrogens is 548 g/mol. The number of ether oxygens (including phenoxy) is 1. The van der Waals surface area contributed by atoms with Crippen LogP contribution in [0.1, 0.15) is 65.5 Å². The smallest absolute Gasteiger partial charge is 0.251 e. The maximum atomic E-state index is 12.9. The van der Waals surface area contributed by atoms with Gasteiger partial charge in [0.1, 0.15) is 18.2 Å². The minimum absolute atomic E-state index is 0.157. The molecule has 3 aromatic rings. The third-order valence-electron chi connectivity index (χ3n) is 8.92. The molecule has 1 aromatic carbocycles. The number of nitrogens with one attached hydrogen (secondary N) is 2. The molecule has 2 amide bonds. The average Bonchev–Trinajstić information content (AvgIpc) is 3.54. The summed E-state index contributed by atoms with van der Waals surface area (Å²) in [5, 5.41) is 17.1. The summed E-state index contributed by atoms with van der Waals surface area (Å²) in [5.74, 6) is 2.09. The van der Waals surface area contributed by atoms with Crippen molar-refractivity contribution in [2.75, 3.05) is 25.0 Å². The number of hydrogen-bond acceptors (Lipinski definition) is 9. The van der Waals surface area contributed by atoms with Crippen LogP contribution in [0.3, 0.4) is 0 Å². The Morgan fingerprint density at radius 2 is 1.95 bits per heavy atom. The Bertz CT molecular complexity index is 1450. The second-order valence-corrected chi connectivity index (χ2v) is 12.0. The van der Waals surface area contributed by atoms with E-state index in [1.54, 1.807) is 25.3 Å². The summed E-state index contributed by atoms with van der Waals surface area (Å²) in [4.78, 5) is 37.7. The quantitative estimate of drug-likeness (QED) is 0.327. The third-order valence-corrected chi connectivity index (χ3v) is 8.92. The summed E-state index contributed by atoms with van der Waals surface area (Å²) >= 11 is 0. The second kappa shape index (κ2) is 12.7. The van der Waals surface area contributed by atoms with E-state index >= 15 is 0 Å². The molecule has 0 spiro atoms. The van der Waals surface area contributed by atoms with Crippen LogP contribution in [-0.4, -0.2) is 80.6 Å². The molecule has 0 saturated carbocycles. The molecule has 11 nitrogen and oxygen atoms in total. The standard InChI is InChI=1S/C32H40N6O5/c1-20-30(43-19-35-20)18-42-29-6-3-24-16-37(10-8-22(24)11-29)17-28(40)15-34-32(41)23-7-9-33-31(12-23)36-25-13-26-4-5-27(14-25)38(26)21(2)39/h3,6-7,9,11-12,19,25-28,40H,4-5,8,10,13-18H2,1-2H3,(H,33,36)(H,34,41)/t25-,26-,27+,28-/m0/s1. The molecule has 3 N–H and O–H groups in total. The Morgan fingerprint density at radius 1 is 1.14 bits per heavy atom. The van der Waals surface area contributed by atoms with Gasteiger partial charge in [-0.15, -0.1) is 0 Å². The molecule has 3 aliphatic rings. The summed E-state index contributed by atoms with van der Waals surface area (Å²) in [5.41, 5.74) is 3.78. The fourth-order valence-corrected chi connectivity index (χ4v) is 6.79. The average molecular weight is 589 g/mol. The number of benzene rings is 1. The van der Waals surface area contributed by atoms with Crippen LogP contribution in [0.2, 0.25) is 0 Å². The van der Waals surface area contributed by atoms with Crippen LogP contribution in [0.4, 0.5) is 5.82 Å². The number of rotatable bonds is 10. The lowest BCUT2D eigenvalue weighted by atomic mass is 9.97. The van der Waals surface area contributed by atoms with Crippen molar-refractivity contribution < 1.29 is 23.8 Å². The van der Waals surface area contributed by atoms with Crippen molar-refractivity contribution >= 4 is 17.6 Å². The number of aryl methyl sites for hydroxylation is 1. The zero-order chi connectivity index (χ0) is 29.9. The number of anilines is 1. The van der Waals surface area contributed by atoms with Crippen LogP contribution in [0, 0.1) is 6.92 Å². The normalized spacial score (nSPS) is 22.1. The zero-order valence-electron chi connectivity index (χ0n) is 24.8. The largest absolute Gasteiger partial charge is 0.486 e. The van der Waals surface area contributed by atoms with Gasteiger partial charge in [0.15, 0.2) is 12.2 Å². The molecule has 2 bridgehead atoms. The van der Waals surface area contributed by atoms with E-state index in [0.29, 0.717) is 24.5 Å². The number of oxazole rings is 1. The molecule has 0 unspecified atom stereocenters. The lowest BCUT2D eigenvalue weighted by Crippen LogP contribution is -2.49. The maximum Gasteiger partial charge on any atom is 0.251 e. The molecule has 2 saturated heterocycles. The minimum Gasteiger partial charge on any atom is -0.486 e. The number of fused-ring (bicyclic) bond motifs is 3. The van der Waals surface area contributed by atoms with Crippen LogP contribution in [-0.2, 0) is 24.4 Å². The number of aliphatic hydroxyl groups is 1. The van der Waals surface area contributed by atoms with Gasteiger partial charge in [-0.1, -0.05) is 6.07 Å². The van der Waals surface area contributed by atoms with E-state index in [-0.39, 0.29) is 36.5 Å². The van der Waals surface area contributed by atoms with Crippen molar-refractivity contribution in [1.82, 2.24) is 25.1 Å². The summed E-state index contributed by atoms with van der Waals surface area (Å²) in [6, 6.07) is 10.3. The second-order valence-electron chi connectivity index (χ2n) is 12.0. The molecule has 4 atom stereocenters. The van der Waals surface area contributed by atoms with Gasteiger partial charge < -0.3 is 29.8 Å². The van der Waals surface area contributed by atoms with E-state index in [1.807, 2.05) is 17.9 Å². The molecule has 0 aliphatic carbocycles. The molecule has 0 radical (unpaired) electrons.